The molecule has 0 aromatic heterocycles. The number of benzene rings is 1. The lowest BCUT2D eigenvalue weighted by molar-refractivity contribution is -0.125. The van der Waals surface area contributed by atoms with Gasteiger partial charge < -0.3 is 10.1 Å². The average Bonchev–Trinajstić information content (AvgIpc) is 2.37. The summed E-state index contributed by atoms with van der Waals surface area (Å²) in [7, 11) is 0. The van der Waals surface area contributed by atoms with Crippen molar-refractivity contribution in [3.05, 3.63) is 35.4 Å². The minimum atomic E-state index is -0.0574. The third-order valence-electron chi connectivity index (χ3n) is 2.50. The highest BCUT2D eigenvalue weighted by Crippen LogP contribution is 2.04. The predicted octanol–water partition coefficient (Wildman–Crippen LogP) is 2.29. The lowest BCUT2D eigenvalue weighted by Crippen LogP contribution is -2.27. The summed E-state index contributed by atoms with van der Waals surface area (Å²) in [6.45, 7) is 5.51. The molecule has 1 aromatic rings. The third-order valence-corrected chi connectivity index (χ3v) is 2.50. The molecule has 1 N–H and O–H groups in total. The number of aryl methyl sites for hydroxylation is 1. The molecule has 0 saturated carbocycles. The summed E-state index contributed by atoms with van der Waals surface area (Å²) in [5.41, 5.74) is 2.43. The molecule has 0 aliphatic carbocycles. The summed E-state index contributed by atoms with van der Waals surface area (Å²) >= 11 is 0. The highest BCUT2D eigenvalue weighted by atomic mass is 16.5. The zero-order valence-corrected chi connectivity index (χ0v) is 10.7. The maximum atomic E-state index is 11.4. The topological polar surface area (TPSA) is 38.3 Å². The Morgan fingerprint density at radius 2 is 1.82 bits per heavy atom. The first-order valence-corrected chi connectivity index (χ1v) is 6.18. The van der Waals surface area contributed by atoms with Crippen LogP contribution in [0.15, 0.2) is 24.3 Å². The summed E-state index contributed by atoms with van der Waals surface area (Å²) in [4.78, 5) is 11.4. The van der Waals surface area contributed by atoms with E-state index in [9.17, 15) is 4.79 Å². The number of carbonyl (C=O) groups excluding carboxylic acids is 1. The van der Waals surface area contributed by atoms with Crippen LogP contribution in [0, 0.1) is 0 Å². The highest BCUT2D eigenvalue weighted by Gasteiger charge is 2.00. The smallest absolute Gasteiger partial charge is 0.246 e. The Balaban J connectivity index is 2.27. The monoisotopic (exact) mass is 235 g/mol. The van der Waals surface area contributed by atoms with Gasteiger partial charge in [-0.05, 0) is 24.0 Å². The molecule has 1 amide bonds. The van der Waals surface area contributed by atoms with Gasteiger partial charge in [0.25, 0.3) is 0 Å². The number of nitrogens with one attached hydrogen (secondary N) is 1. The van der Waals surface area contributed by atoms with E-state index in [1.165, 1.54) is 5.56 Å². The zero-order valence-electron chi connectivity index (χ0n) is 10.7. The van der Waals surface area contributed by atoms with Gasteiger partial charge in [-0.15, -0.1) is 0 Å². The lowest BCUT2D eigenvalue weighted by Gasteiger charge is -2.06. The molecule has 0 aliphatic rings. The fraction of sp³-hybridized carbons (Fsp3) is 0.500. The summed E-state index contributed by atoms with van der Waals surface area (Å²) < 4.78 is 5.16. The molecule has 0 fully saturated rings. The van der Waals surface area contributed by atoms with E-state index >= 15 is 0 Å². The molecule has 0 heterocycles. The second kappa shape index (κ2) is 7.85. The Morgan fingerprint density at radius 1 is 1.18 bits per heavy atom. The maximum Gasteiger partial charge on any atom is 0.246 e. The van der Waals surface area contributed by atoms with Crippen molar-refractivity contribution in [3.63, 3.8) is 0 Å². The van der Waals surface area contributed by atoms with Crippen molar-refractivity contribution in [2.45, 2.75) is 33.2 Å². The largest absolute Gasteiger partial charge is 0.372 e. The Labute approximate surface area is 103 Å². The average molecular weight is 235 g/mol. The number of ether oxygens (including phenoxy) is 1. The summed E-state index contributed by atoms with van der Waals surface area (Å²) in [6, 6.07) is 8.28. The minimum absolute atomic E-state index is 0.0574. The summed E-state index contributed by atoms with van der Waals surface area (Å²) in [5.74, 6) is -0.0574. The molecule has 0 atom stereocenters. The van der Waals surface area contributed by atoms with E-state index in [0.29, 0.717) is 13.2 Å². The first-order chi connectivity index (χ1) is 8.26. The molecule has 3 heteroatoms. The molecule has 0 radical (unpaired) electrons. The van der Waals surface area contributed by atoms with E-state index in [2.05, 4.69) is 24.4 Å². The van der Waals surface area contributed by atoms with Crippen LogP contribution in [0.3, 0.4) is 0 Å². The van der Waals surface area contributed by atoms with Gasteiger partial charge in [-0.25, -0.2) is 0 Å². The Bertz CT molecular complexity index is 333. The van der Waals surface area contributed by atoms with Crippen molar-refractivity contribution in [3.8, 4) is 0 Å². The predicted molar refractivity (Wildman–Crippen MR) is 68.8 cm³/mol. The van der Waals surface area contributed by atoms with Gasteiger partial charge in [0.1, 0.15) is 6.61 Å². The number of amides is 1. The fourth-order valence-electron chi connectivity index (χ4n) is 1.45. The highest BCUT2D eigenvalue weighted by molar-refractivity contribution is 5.77. The van der Waals surface area contributed by atoms with Gasteiger partial charge in [0.15, 0.2) is 0 Å². The van der Waals surface area contributed by atoms with E-state index in [-0.39, 0.29) is 12.5 Å². The molecule has 3 nitrogen and oxygen atoms in total. The normalized spacial score (nSPS) is 10.2. The van der Waals surface area contributed by atoms with Crippen LogP contribution in [0.1, 0.15) is 31.4 Å². The van der Waals surface area contributed by atoms with Crippen LogP contribution >= 0.6 is 0 Å². The second-order valence-electron chi connectivity index (χ2n) is 4.00. The molecule has 1 aromatic carbocycles. The van der Waals surface area contributed by atoms with Gasteiger partial charge >= 0.3 is 0 Å². The first-order valence-electron chi connectivity index (χ1n) is 6.18. The molecular weight excluding hydrogens is 214 g/mol. The van der Waals surface area contributed by atoms with Crippen LogP contribution < -0.4 is 5.32 Å². The van der Waals surface area contributed by atoms with E-state index < -0.39 is 0 Å². The molecule has 0 unspecified atom stereocenters. The van der Waals surface area contributed by atoms with E-state index in [4.69, 9.17) is 4.74 Å². The fourth-order valence-corrected chi connectivity index (χ4v) is 1.45. The Morgan fingerprint density at radius 3 is 2.41 bits per heavy atom. The molecule has 1 rings (SSSR count). The number of rotatable bonds is 7. The van der Waals surface area contributed by atoms with Gasteiger partial charge in [0, 0.05) is 13.2 Å². The third kappa shape index (κ3) is 5.50. The van der Waals surface area contributed by atoms with Gasteiger partial charge in [-0.3, -0.25) is 4.79 Å². The van der Waals surface area contributed by atoms with Crippen LogP contribution in [0.4, 0.5) is 0 Å². The molecule has 0 bridgehead atoms. The van der Waals surface area contributed by atoms with Crippen molar-refractivity contribution in [2.75, 3.05) is 13.2 Å². The van der Waals surface area contributed by atoms with Gasteiger partial charge in [0.05, 0.1) is 0 Å². The molecule has 0 aliphatic heterocycles. The lowest BCUT2D eigenvalue weighted by atomic mass is 10.1. The van der Waals surface area contributed by atoms with Crippen LogP contribution in [0.5, 0.6) is 0 Å². The van der Waals surface area contributed by atoms with Gasteiger partial charge in [-0.2, -0.15) is 0 Å². The van der Waals surface area contributed by atoms with Crippen LogP contribution in [-0.2, 0) is 22.5 Å². The minimum Gasteiger partial charge on any atom is -0.372 e. The van der Waals surface area contributed by atoms with Gasteiger partial charge in [0.2, 0.25) is 5.91 Å². The first kappa shape index (κ1) is 13.7. The van der Waals surface area contributed by atoms with Crippen molar-refractivity contribution < 1.29 is 9.53 Å². The molecule has 0 saturated heterocycles. The van der Waals surface area contributed by atoms with Crippen LogP contribution in [0.2, 0.25) is 0 Å². The van der Waals surface area contributed by atoms with Gasteiger partial charge in [-0.1, -0.05) is 38.1 Å². The van der Waals surface area contributed by atoms with Crippen molar-refractivity contribution in [1.29, 1.82) is 0 Å². The summed E-state index contributed by atoms with van der Waals surface area (Å²) in [6.07, 6.45) is 1.98. The zero-order chi connectivity index (χ0) is 12.5. The number of hydrogen-bond acceptors (Lipinski definition) is 2. The molecule has 94 valence electrons. The SMILES string of the molecule is CCCOCC(=O)NCc1ccc(CC)cc1. The maximum absolute atomic E-state index is 11.4. The van der Waals surface area contributed by atoms with E-state index in [1.807, 2.05) is 19.1 Å². The van der Waals surface area contributed by atoms with E-state index in [0.717, 1.165) is 18.4 Å². The van der Waals surface area contributed by atoms with E-state index in [1.54, 1.807) is 0 Å². The molecule has 0 spiro atoms. The molecule has 17 heavy (non-hydrogen) atoms. The van der Waals surface area contributed by atoms with Crippen molar-refractivity contribution >= 4 is 5.91 Å². The number of carbonyl (C=O) groups is 1. The van der Waals surface area contributed by atoms with Crippen molar-refractivity contribution in [1.82, 2.24) is 5.32 Å². The molecular formula is C14H21NO2. The Hall–Kier alpha value is -1.35. The van der Waals surface area contributed by atoms with Crippen LogP contribution in [-0.4, -0.2) is 19.1 Å². The standard InChI is InChI=1S/C14H21NO2/c1-3-9-17-11-14(16)15-10-13-7-5-12(4-2)6-8-13/h5-8H,3-4,9-11H2,1-2H3,(H,15,16). The second-order valence-corrected chi connectivity index (χ2v) is 4.00. The number of hydrogen-bond donors (Lipinski definition) is 1. The summed E-state index contributed by atoms with van der Waals surface area (Å²) in [5, 5.41) is 2.83. The Kier molecular flexibility index (Phi) is 6.33. The van der Waals surface area contributed by atoms with Crippen LogP contribution in [0.25, 0.3) is 0 Å². The quantitative estimate of drug-likeness (QED) is 0.736. The van der Waals surface area contributed by atoms with Crippen molar-refractivity contribution in [2.24, 2.45) is 0 Å².